The van der Waals surface area contributed by atoms with Crippen molar-refractivity contribution in [2.75, 3.05) is 0 Å². The van der Waals surface area contributed by atoms with Crippen LogP contribution in [0, 0.1) is 0 Å². The van der Waals surface area contributed by atoms with Gasteiger partial charge in [0.15, 0.2) is 0 Å². The Morgan fingerprint density at radius 2 is 0.690 bits per heavy atom. The third-order valence-corrected chi connectivity index (χ3v) is 14.8. The Kier molecular flexibility index (Phi) is 8.47. The molecule has 0 aliphatic heterocycles. The van der Waals surface area contributed by atoms with Gasteiger partial charge in [0.2, 0.25) is 5.95 Å². The Labute approximate surface area is 408 Å². The van der Waals surface area contributed by atoms with Gasteiger partial charge in [0.25, 0.3) is 0 Å². The molecule has 6 heteroatoms. The van der Waals surface area contributed by atoms with Crippen molar-refractivity contribution < 1.29 is 0 Å². The molecule has 10 aromatic carbocycles. The molecule has 5 aromatic heterocycles. The molecule has 5 heterocycles. The molecule has 0 unspecified atom stereocenters. The lowest BCUT2D eigenvalue weighted by molar-refractivity contribution is 0.995. The van der Waals surface area contributed by atoms with E-state index < -0.39 is 0 Å². The summed E-state index contributed by atoms with van der Waals surface area (Å²) in [5.74, 6) is 0.621. The van der Waals surface area contributed by atoms with E-state index in [0.29, 0.717) is 5.95 Å². The van der Waals surface area contributed by atoms with Crippen LogP contribution >= 0.6 is 0 Å². The first-order chi connectivity index (χ1) is 35.1. The normalized spacial score (nSPS) is 12.0. The van der Waals surface area contributed by atoms with E-state index in [1.165, 1.54) is 65.5 Å². The number of rotatable bonds is 6. The summed E-state index contributed by atoms with van der Waals surface area (Å²) < 4.78 is 9.34. The van der Waals surface area contributed by atoms with Crippen LogP contribution in [0.1, 0.15) is 0 Å². The molecule has 0 fully saturated rings. The van der Waals surface area contributed by atoms with Crippen LogP contribution in [0.2, 0.25) is 0 Å². The van der Waals surface area contributed by atoms with Crippen molar-refractivity contribution in [3.63, 3.8) is 0 Å². The molecule has 0 bridgehead atoms. The van der Waals surface area contributed by atoms with E-state index in [0.717, 1.165) is 66.8 Å². The molecule has 0 saturated carbocycles. The predicted molar refractivity (Wildman–Crippen MR) is 295 cm³/mol. The van der Waals surface area contributed by atoms with E-state index in [-0.39, 0.29) is 0 Å². The summed E-state index contributed by atoms with van der Waals surface area (Å²) in [6.07, 6.45) is 0. The minimum atomic E-state index is 0.621. The Balaban J connectivity index is 0.901. The number of hydrogen-bond acceptors (Lipinski definition) is 2. The first-order valence-electron chi connectivity index (χ1n) is 24.2. The maximum Gasteiger partial charge on any atom is 0.235 e. The number of aryl methyl sites for hydroxylation is 1. The van der Waals surface area contributed by atoms with Crippen LogP contribution in [-0.4, -0.2) is 28.2 Å². The number of nitrogens with zero attached hydrogens (tertiary/aromatic N) is 6. The Morgan fingerprint density at radius 1 is 0.254 bits per heavy atom. The highest BCUT2D eigenvalue weighted by Crippen LogP contribution is 2.41. The van der Waals surface area contributed by atoms with Crippen LogP contribution in [0.4, 0.5) is 0 Å². The van der Waals surface area contributed by atoms with Gasteiger partial charge in [0, 0.05) is 78.2 Å². The lowest BCUT2D eigenvalue weighted by Crippen LogP contribution is -2.04. The number of aromatic nitrogens is 6. The molecule has 15 aromatic rings. The quantitative estimate of drug-likeness (QED) is 0.167. The fourth-order valence-corrected chi connectivity index (χ4v) is 11.5. The zero-order valence-corrected chi connectivity index (χ0v) is 38.7. The average Bonchev–Trinajstić information content (AvgIpc) is 4.15. The van der Waals surface area contributed by atoms with Gasteiger partial charge in [0.1, 0.15) is 0 Å². The summed E-state index contributed by atoms with van der Waals surface area (Å²) in [7, 11) is 2.17. The van der Waals surface area contributed by atoms with Gasteiger partial charge in [-0.05, 0) is 102 Å². The largest absolute Gasteiger partial charge is 0.344 e. The highest BCUT2D eigenvalue weighted by molar-refractivity contribution is 6.19. The van der Waals surface area contributed by atoms with E-state index in [9.17, 15) is 0 Å². The Bertz CT molecular complexity index is 4650. The summed E-state index contributed by atoms with van der Waals surface area (Å²) in [4.78, 5) is 10.9. The highest BCUT2D eigenvalue weighted by Gasteiger charge is 2.21. The molecule has 0 radical (unpaired) electrons. The second-order valence-corrected chi connectivity index (χ2v) is 18.7. The third kappa shape index (κ3) is 5.95. The topological polar surface area (TPSA) is 45.5 Å². The highest BCUT2D eigenvalue weighted by atomic mass is 15.2. The van der Waals surface area contributed by atoms with Crippen molar-refractivity contribution in [3.8, 4) is 51.0 Å². The maximum absolute atomic E-state index is 5.50. The molecule has 15 rings (SSSR count). The van der Waals surface area contributed by atoms with E-state index in [1.807, 2.05) is 0 Å². The number of para-hydroxylation sites is 5. The lowest BCUT2D eigenvalue weighted by Gasteiger charge is -2.13. The molecule has 332 valence electrons. The van der Waals surface area contributed by atoms with Crippen molar-refractivity contribution in [2.45, 2.75) is 0 Å². The third-order valence-electron chi connectivity index (χ3n) is 14.8. The summed E-state index contributed by atoms with van der Waals surface area (Å²) in [5, 5.41) is 9.75. The smallest absolute Gasteiger partial charge is 0.235 e. The van der Waals surface area contributed by atoms with E-state index in [4.69, 9.17) is 9.97 Å². The van der Waals surface area contributed by atoms with Crippen LogP contribution in [0.3, 0.4) is 0 Å². The van der Waals surface area contributed by atoms with Crippen LogP contribution in [0.25, 0.3) is 138 Å². The standard InChI is InChI=1S/C65H42N6/c1-68-57-27-12-8-23-47(57)53-38-54-50-26-10-14-29-59(50)70(64(54)40-63(53)68)46-22-16-19-44(35-46)56-39-55(41-17-4-2-5-18-41)66-65(67-56)71-60-30-15-11-25-49(60)52-37-43(32-34-62(52)71)42-31-33-61-51(36-42)48-24-9-13-28-58(48)69(61)45-20-6-3-7-21-45/h2-40H,1H3. The van der Waals surface area contributed by atoms with E-state index >= 15 is 0 Å². The van der Waals surface area contributed by atoms with Crippen LogP contribution in [0.5, 0.6) is 0 Å². The summed E-state index contributed by atoms with van der Waals surface area (Å²) in [6, 6.07) is 85.4. The van der Waals surface area contributed by atoms with E-state index in [1.54, 1.807) is 0 Å². The fraction of sp³-hybridized carbons (Fsp3) is 0.0154. The minimum absolute atomic E-state index is 0.621. The summed E-state index contributed by atoms with van der Waals surface area (Å²) in [5.41, 5.74) is 17.5. The molecule has 71 heavy (non-hydrogen) atoms. The van der Waals surface area contributed by atoms with Gasteiger partial charge in [-0.2, -0.15) is 0 Å². The lowest BCUT2D eigenvalue weighted by atomic mass is 10.0. The predicted octanol–water partition coefficient (Wildman–Crippen LogP) is 16.4. The molecule has 0 aliphatic carbocycles. The van der Waals surface area contributed by atoms with Gasteiger partial charge in [-0.3, -0.25) is 4.57 Å². The molecule has 0 N–H and O–H groups in total. The summed E-state index contributed by atoms with van der Waals surface area (Å²) in [6.45, 7) is 0. The molecule has 0 spiro atoms. The SMILES string of the molecule is Cn1c2ccccc2c2cc3c4ccccc4n(-c4cccc(-c5cc(-c6ccccc6)nc(-n6c7ccccc7c7cc(-c8ccc9c(c8)c8ccccc8n9-c8ccccc8)ccc76)n5)c4)c3cc21. The van der Waals surface area contributed by atoms with Crippen molar-refractivity contribution in [1.82, 2.24) is 28.2 Å². The van der Waals surface area contributed by atoms with Gasteiger partial charge in [-0.1, -0.05) is 146 Å². The fourth-order valence-electron chi connectivity index (χ4n) is 11.5. The first-order valence-corrected chi connectivity index (χ1v) is 24.2. The Morgan fingerprint density at radius 3 is 1.32 bits per heavy atom. The number of hydrogen-bond donors (Lipinski definition) is 0. The molecule has 0 atom stereocenters. The van der Waals surface area contributed by atoms with Crippen molar-refractivity contribution in [3.05, 3.63) is 237 Å². The molecule has 0 saturated heterocycles. The van der Waals surface area contributed by atoms with Crippen LogP contribution < -0.4 is 0 Å². The van der Waals surface area contributed by atoms with Crippen LogP contribution in [-0.2, 0) is 7.05 Å². The summed E-state index contributed by atoms with van der Waals surface area (Å²) >= 11 is 0. The molecule has 0 amide bonds. The second-order valence-electron chi connectivity index (χ2n) is 18.7. The second kappa shape index (κ2) is 15.2. The molecule has 6 nitrogen and oxygen atoms in total. The van der Waals surface area contributed by atoms with Gasteiger partial charge < -0.3 is 13.7 Å². The average molecular weight is 907 g/mol. The number of benzene rings is 10. The Hall–Kier alpha value is -9.52. The van der Waals surface area contributed by atoms with E-state index in [2.05, 4.69) is 262 Å². The number of fused-ring (bicyclic) bond motifs is 12. The van der Waals surface area contributed by atoms with Gasteiger partial charge in [-0.15, -0.1) is 0 Å². The zero-order chi connectivity index (χ0) is 46.7. The zero-order valence-electron chi connectivity index (χ0n) is 38.7. The first kappa shape index (κ1) is 39.5. The van der Waals surface area contributed by atoms with Gasteiger partial charge in [-0.25, -0.2) is 9.97 Å². The minimum Gasteiger partial charge on any atom is -0.344 e. The van der Waals surface area contributed by atoms with Crippen molar-refractivity contribution in [1.29, 1.82) is 0 Å². The molecule has 0 aliphatic rings. The maximum atomic E-state index is 5.50. The van der Waals surface area contributed by atoms with Gasteiger partial charge in [0.05, 0.1) is 50.0 Å². The van der Waals surface area contributed by atoms with Crippen molar-refractivity contribution >= 4 is 87.2 Å². The van der Waals surface area contributed by atoms with Crippen LogP contribution in [0.15, 0.2) is 237 Å². The monoisotopic (exact) mass is 906 g/mol. The molecular weight excluding hydrogens is 865 g/mol. The molecular formula is C65H42N6. The van der Waals surface area contributed by atoms with Crippen molar-refractivity contribution in [2.24, 2.45) is 7.05 Å². The van der Waals surface area contributed by atoms with Gasteiger partial charge >= 0.3 is 0 Å².